The van der Waals surface area contributed by atoms with Crippen LogP contribution in [0.25, 0.3) is 0 Å². The second-order valence-corrected chi connectivity index (χ2v) is 7.53. The van der Waals surface area contributed by atoms with Crippen molar-refractivity contribution >= 4 is 7.82 Å². The van der Waals surface area contributed by atoms with Gasteiger partial charge in [0, 0.05) is 0 Å². The van der Waals surface area contributed by atoms with Gasteiger partial charge in [0.2, 0.25) is 5.79 Å². The molecular formula is C12H23O14P. The van der Waals surface area contributed by atoms with Gasteiger partial charge in [0.15, 0.2) is 0 Å². The van der Waals surface area contributed by atoms with Crippen molar-refractivity contribution in [3.63, 3.8) is 0 Å². The van der Waals surface area contributed by atoms with Crippen LogP contribution in [0, 0.1) is 0 Å². The van der Waals surface area contributed by atoms with Gasteiger partial charge in [-0.1, -0.05) is 0 Å². The first-order valence-electron chi connectivity index (χ1n) is 7.79. The van der Waals surface area contributed by atoms with Crippen molar-refractivity contribution in [2.45, 2.75) is 60.7 Å². The maximum absolute atomic E-state index is 11.0. The molecule has 160 valence electrons. The molecule has 10 N–H and O–H groups in total. The van der Waals surface area contributed by atoms with Gasteiger partial charge in [-0.2, -0.15) is 0 Å². The summed E-state index contributed by atoms with van der Waals surface area (Å²) in [4.78, 5) is 17.8. The molecular weight excluding hydrogens is 399 g/mol. The first kappa shape index (κ1) is 23.0. The van der Waals surface area contributed by atoms with Crippen molar-refractivity contribution < 1.29 is 69.2 Å². The molecule has 0 aromatic heterocycles. The third-order valence-corrected chi connectivity index (χ3v) is 5.05. The molecule has 0 aromatic rings. The van der Waals surface area contributed by atoms with Crippen LogP contribution in [0.15, 0.2) is 0 Å². The van der Waals surface area contributed by atoms with Crippen LogP contribution in [-0.2, 0) is 18.6 Å². The Hall–Kier alpha value is -0.290. The molecule has 27 heavy (non-hydrogen) atoms. The molecule has 0 radical (unpaired) electrons. The van der Waals surface area contributed by atoms with Crippen LogP contribution in [0.1, 0.15) is 0 Å². The van der Waals surface area contributed by atoms with Gasteiger partial charge >= 0.3 is 7.82 Å². The normalized spacial score (nSPS) is 49.2. The number of phosphoric ester groups is 1. The van der Waals surface area contributed by atoms with E-state index in [2.05, 4.69) is 4.52 Å². The van der Waals surface area contributed by atoms with Gasteiger partial charge in [-0.3, -0.25) is 4.52 Å². The second kappa shape index (κ2) is 8.22. The standard InChI is InChI=1S/C12H23O14P/c13-1-3-5(15)6(16)7(17)11(24-3)12(20)10(19)8(18)9(4(2-14)25-12)26-27(21,22)23/h3-11,13-20H,1-2H2,(H2,21,22,23)/t3-,4-,5-,6+,7+,8+,9-,10-,11-,12?/m1/s1. The molecule has 0 bridgehead atoms. The maximum atomic E-state index is 11.0. The Morgan fingerprint density at radius 1 is 0.889 bits per heavy atom. The molecule has 2 aliphatic rings. The minimum Gasteiger partial charge on any atom is -0.394 e. The summed E-state index contributed by atoms with van der Waals surface area (Å²) in [5.74, 6) is -3.02. The molecule has 0 amide bonds. The minimum absolute atomic E-state index is 0.858. The van der Waals surface area contributed by atoms with E-state index in [1.165, 1.54) is 0 Å². The number of hydrogen-bond acceptors (Lipinski definition) is 12. The lowest BCUT2D eigenvalue weighted by Gasteiger charge is -2.53. The molecule has 0 aliphatic carbocycles. The highest BCUT2D eigenvalue weighted by atomic mass is 31.2. The van der Waals surface area contributed by atoms with Crippen LogP contribution in [0.3, 0.4) is 0 Å². The summed E-state index contributed by atoms with van der Waals surface area (Å²) < 4.78 is 25.4. The third-order valence-electron chi connectivity index (χ3n) is 4.53. The van der Waals surface area contributed by atoms with Crippen LogP contribution in [-0.4, -0.2) is 125 Å². The molecule has 2 rings (SSSR count). The van der Waals surface area contributed by atoms with Gasteiger partial charge < -0.3 is 60.1 Å². The Bertz CT molecular complexity index is 552. The summed E-state index contributed by atoms with van der Waals surface area (Å²) in [5.41, 5.74) is 0. The van der Waals surface area contributed by atoms with Gasteiger partial charge in [-0.05, 0) is 0 Å². The summed E-state index contributed by atoms with van der Waals surface area (Å²) in [6.07, 6.45) is -17.7. The Morgan fingerprint density at radius 3 is 1.93 bits per heavy atom. The Morgan fingerprint density at radius 2 is 1.44 bits per heavy atom. The highest BCUT2D eigenvalue weighted by Gasteiger charge is 2.63. The molecule has 1 unspecified atom stereocenters. The quantitative estimate of drug-likeness (QED) is 0.185. The van der Waals surface area contributed by atoms with Gasteiger partial charge in [0.25, 0.3) is 0 Å². The molecule has 2 fully saturated rings. The fourth-order valence-corrected chi connectivity index (χ4v) is 3.71. The van der Waals surface area contributed by atoms with E-state index in [4.69, 9.17) is 19.3 Å². The molecule has 2 saturated heterocycles. The molecule has 2 heterocycles. The van der Waals surface area contributed by atoms with E-state index in [0.717, 1.165) is 0 Å². The van der Waals surface area contributed by atoms with Crippen LogP contribution in [0.2, 0.25) is 0 Å². The van der Waals surface area contributed by atoms with E-state index >= 15 is 0 Å². The van der Waals surface area contributed by atoms with E-state index in [9.17, 15) is 45.4 Å². The number of rotatable bonds is 5. The predicted molar refractivity (Wildman–Crippen MR) is 79.6 cm³/mol. The third kappa shape index (κ3) is 4.34. The highest BCUT2D eigenvalue weighted by Crippen LogP contribution is 2.44. The van der Waals surface area contributed by atoms with E-state index in [0.29, 0.717) is 0 Å². The summed E-state index contributed by atoms with van der Waals surface area (Å²) in [6.45, 7) is -1.91. The van der Waals surface area contributed by atoms with Crippen LogP contribution < -0.4 is 0 Å². The van der Waals surface area contributed by atoms with Crippen molar-refractivity contribution in [1.82, 2.24) is 0 Å². The summed E-state index contributed by atoms with van der Waals surface area (Å²) in [7, 11) is -5.20. The number of phosphoric acid groups is 1. The van der Waals surface area contributed by atoms with Gasteiger partial charge in [0.05, 0.1) is 13.2 Å². The first-order valence-corrected chi connectivity index (χ1v) is 9.32. The largest absolute Gasteiger partial charge is 0.470 e. The van der Waals surface area contributed by atoms with Gasteiger partial charge in [-0.25, -0.2) is 4.57 Å². The monoisotopic (exact) mass is 422 g/mol. The second-order valence-electron chi connectivity index (χ2n) is 6.34. The lowest BCUT2D eigenvalue weighted by atomic mass is 9.83. The van der Waals surface area contributed by atoms with E-state index in [-0.39, 0.29) is 0 Å². The zero-order chi connectivity index (χ0) is 20.7. The zero-order valence-electron chi connectivity index (χ0n) is 13.7. The predicted octanol–water partition coefficient (Wildman–Crippen LogP) is -5.89. The van der Waals surface area contributed by atoms with E-state index in [1.54, 1.807) is 0 Å². The smallest absolute Gasteiger partial charge is 0.394 e. The minimum atomic E-state index is -5.20. The van der Waals surface area contributed by atoms with E-state index in [1.807, 2.05) is 0 Å². The number of ether oxygens (including phenoxy) is 2. The highest BCUT2D eigenvalue weighted by molar-refractivity contribution is 7.46. The van der Waals surface area contributed by atoms with Crippen molar-refractivity contribution in [3.8, 4) is 0 Å². The number of aliphatic hydroxyl groups excluding tert-OH is 7. The Balaban J connectivity index is 2.34. The summed E-state index contributed by atoms with van der Waals surface area (Å²) >= 11 is 0. The van der Waals surface area contributed by atoms with Crippen molar-refractivity contribution in [2.75, 3.05) is 13.2 Å². The van der Waals surface area contributed by atoms with Crippen LogP contribution >= 0.6 is 7.82 Å². The Labute approximate surface area is 152 Å². The molecule has 2 aliphatic heterocycles. The van der Waals surface area contributed by atoms with Gasteiger partial charge in [-0.15, -0.1) is 0 Å². The van der Waals surface area contributed by atoms with Gasteiger partial charge in [0.1, 0.15) is 54.9 Å². The molecule has 10 atom stereocenters. The molecule has 15 heteroatoms. The zero-order valence-corrected chi connectivity index (χ0v) is 14.6. The lowest BCUT2D eigenvalue weighted by molar-refractivity contribution is -0.405. The number of hydrogen-bond donors (Lipinski definition) is 10. The lowest BCUT2D eigenvalue weighted by Crippen LogP contribution is -2.75. The molecule has 0 saturated carbocycles. The fraction of sp³-hybridized carbons (Fsp3) is 1.00. The van der Waals surface area contributed by atoms with E-state index < -0.39 is 81.8 Å². The topological polar surface area (TPSA) is 247 Å². The van der Waals surface area contributed by atoms with Crippen LogP contribution in [0.5, 0.6) is 0 Å². The summed E-state index contributed by atoms with van der Waals surface area (Å²) in [5, 5.41) is 79.3. The van der Waals surface area contributed by atoms with Crippen molar-refractivity contribution in [1.29, 1.82) is 0 Å². The van der Waals surface area contributed by atoms with Crippen molar-refractivity contribution in [2.24, 2.45) is 0 Å². The van der Waals surface area contributed by atoms with Crippen molar-refractivity contribution in [3.05, 3.63) is 0 Å². The fourth-order valence-electron chi connectivity index (χ4n) is 3.13. The Kier molecular flexibility index (Phi) is 7.00. The average molecular weight is 422 g/mol. The maximum Gasteiger partial charge on any atom is 0.470 e. The number of aliphatic hydroxyl groups is 8. The molecule has 0 aromatic carbocycles. The van der Waals surface area contributed by atoms with Crippen LogP contribution in [0.4, 0.5) is 0 Å². The molecule has 14 nitrogen and oxygen atoms in total. The SMILES string of the molecule is O=P(O)(O)O[C@H]1[C@H](O)[C@@H](O)C(O)([C@@H]2O[C@H](CO)[C@@H](O)[C@H](O)[C@@H]2O)O[C@@H]1CO. The average Bonchev–Trinajstić information content (AvgIpc) is 2.59. The summed E-state index contributed by atoms with van der Waals surface area (Å²) in [6, 6.07) is 0. The first-order chi connectivity index (χ1) is 12.4. The molecule has 0 spiro atoms.